The van der Waals surface area contributed by atoms with Crippen molar-refractivity contribution in [3.8, 4) is 0 Å². The molecule has 0 aliphatic carbocycles. The molecule has 4 nitrogen and oxygen atoms in total. The fourth-order valence-electron chi connectivity index (χ4n) is 2.60. The van der Waals surface area contributed by atoms with Gasteiger partial charge in [-0.2, -0.15) is 0 Å². The molecule has 1 saturated heterocycles. The minimum Gasteiger partial charge on any atom is -0.326 e. The zero-order valence-corrected chi connectivity index (χ0v) is 13.4. The van der Waals surface area contributed by atoms with Gasteiger partial charge in [0.25, 0.3) is 5.91 Å². The molecule has 0 spiro atoms. The second-order valence-electron chi connectivity index (χ2n) is 5.10. The fraction of sp³-hybridized carbons (Fsp3) is 0.250. The molecule has 1 N–H and O–H groups in total. The van der Waals surface area contributed by atoms with Crippen LogP contribution in [0.3, 0.4) is 0 Å². The van der Waals surface area contributed by atoms with Crippen LogP contribution >= 0.6 is 22.9 Å². The first-order valence-corrected chi connectivity index (χ1v) is 8.32. The summed E-state index contributed by atoms with van der Waals surface area (Å²) in [6.45, 7) is 0.608. The van der Waals surface area contributed by atoms with Gasteiger partial charge in [0.05, 0.1) is 15.6 Å². The van der Waals surface area contributed by atoms with Crippen LogP contribution in [0, 0.1) is 0 Å². The third-order valence-corrected chi connectivity index (χ3v) is 4.87. The van der Waals surface area contributed by atoms with Crippen LogP contribution in [-0.4, -0.2) is 29.3 Å². The van der Waals surface area contributed by atoms with E-state index in [9.17, 15) is 9.59 Å². The number of anilines is 1. The summed E-state index contributed by atoms with van der Waals surface area (Å²) in [5, 5.41) is 5.17. The predicted octanol–water partition coefficient (Wildman–Crippen LogP) is 3.64. The number of hydrogen-bond donors (Lipinski definition) is 1. The summed E-state index contributed by atoms with van der Waals surface area (Å²) >= 11 is 7.46. The molecule has 22 heavy (non-hydrogen) atoms. The molecule has 0 radical (unpaired) electrons. The van der Waals surface area contributed by atoms with Crippen molar-refractivity contribution in [2.24, 2.45) is 0 Å². The van der Waals surface area contributed by atoms with Crippen LogP contribution in [0.2, 0.25) is 5.02 Å². The monoisotopic (exact) mass is 334 g/mol. The molecule has 2 heterocycles. The number of rotatable bonds is 3. The molecule has 1 aliphatic rings. The Labute approximate surface area is 137 Å². The normalized spacial score (nSPS) is 17.5. The van der Waals surface area contributed by atoms with Crippen LogP contribution in [-0.2, 0) is 4.79 Å². The summed E-state index contributed by atoms with van der Waals surface area (Å²) < 4.78 is 0. The lowest BCUT2D eigenvalue weighted by Crippen LogP contribution is -2.43. The van der Waals surface area contributed by atoms with E-state index in [0.717, 1.165) is 6.42 Å². The summed E-state index contributed by atoms with van der Waals surface area (Å²) in [7, 11) is 0. The summed E-state index contributed by atoms with van der Waals surface area (Å²) in [6, 6.07) is 10.3. The molecule has 1 atom stereocenters. The van der Waals surface area contributed by atoms with Gasteiger partial charge in [-0.25, -0.2) is 0 Å². The molecule has 0 saturated carbocycles. The van der Waals surface area contributed by atoms with Crippen LogP contribution < -0.4 is 5.32 Å². The Balaban J connectivity index is 1.74. The number of carbonyl (C=O) groups is 2. The summed E-state index contributed by atoms with van der Waals surface area (Å²) in [4.78, 5) is 27.3. The number of nitrogens with zero attached hydrogens (tertiary/aromatic N) is 1. The van der Waals surface area contributed by atoms with Gasteiger partial charge in [-0.1, -0.05) is 29.8 Å². The minimum atomic E-state index is -0.439. The van der Waals surface area contributed by atoms with Crippen LogP contribution in [0.4, 0.5) is 5.69 Å². The highest BCUT2D eigenvalue weighted by atomic mass is 35.5. The number of hydrogen-bond acceptors (Lipinski definition) is 3. The van der Waals surface area contributed by atoms with Crippen molar-refractivity contribution in [1.82, 2.24) is 4.90 Å². The van der Waals surface area contributed by atoms with Crippen molar-refractivity contribution < 1.29 is 9.59 Å². The third-order valence-electron chi connectivity index (χ3n) is 3.68. The van der Waals surface area contributed by atoms with Crippen molar-refractivity contribution in [2.75, 3.05) is 11.9 Å². The number of carbonyl (C=O) groups excluding carboxylic acids is 2. The van der Waals surface area contributed by atoms with Crippen molar-refractivity contribution in [2.45, 2.75) is 18.9 Å². The molecule has 0 bridgehead atoms. The fourth-order valence-corrected chi connectivity index (χ4v) is 3.46. The molecule has 3 rings (SSSR count). The van der Waals surface area contributed by atoms with E-state index in [4.69, 9.17) is 11.6 Å². The molecular formula is C16H15ClN2O2S. The van der Waals surface area contributed by atoms with Gasteiger partial charge in [0.2, 0.25) is 5.91 Å². The largest absolute Gasteiger partial charge is 0.326 e. The lowest BCUT2D eigenvalue weighted by Gasteiger charge is -2.23. The third kappa shape index (κ3) is 3.00. The number of thiophene rings is 1. The summed E-state index contributed by atoms with van der Waals surface area (Å²) in [5.74, 6) is -0.262. The van der Waals surface area contributed by atoms with E-state index in [1.54, 1.807) is 29.2 Å². The number of para-hydroxylation sites is 1. The van der Waals surface area contributed by atoms with E-state index in [1.165, 1.54) is 11.3 Å². The Morgan fingerprint density at radius 2 is 2.05 bits per heavy atom. The van der Waals surface area contributed by atoms with Crippen LogP contribution in [0.25, 0.3) is 0 Å². The number of amides is 2. The highest BCUT2D eigenvalue weighted by molar-refractivity contribution is 7.12. The zero-order chi connectivity index (χ0) is 15.5. The average molecular weight is 335 g/mol. The molecular weight excluding hydrogens is 320 g/mol. The number of halogens is 1. The number of likely N-dealkylation sites (tertiary alicyclic amines) is 1. The molecule has 1 unspecified atom stereocenters. The molecule has 114 valence electrons. The first-order chi connectivity index (χ1) is 10.7. The van der Waals surface area contributed by atoms with Gasteiger partial charge in [0.1, 0.15) is 6.04 Å². The van der Waals surface area contributed by atoms with Gasteiger partial charge in [-0.05, 0) is 36.4 Å². The second kappa shape index (κ2) is 6.50. The predicted molar refractivity (Wildman–Crippen MR) is 88.5 cm³/mol. The standard InChI is InChI=1S/C16H15ClN2O2S/c17-11-5-1-2-6-12(11)18-15(20)13-7-3-9-19(13)16(21)14-8-4-10-22-14/h1-2,4-6,8,10,13H,3,7,9H2,(H,18,20). The van der Waals surface area contributed by atoms with Gasteiger partial charge >= 0.3 is 0 Å². The second-order valence-corrected chi connectivity index (χ2v) is 6.46. The maximum absolute atomic E-state index is 12.5. The van der Waals surface area contributed by atoms with Gasteiger partial charge in [0.15, 0.2) is 0 Å². The number of benzene rings is 1. The van der Waals surface area contributed by atoms with E-state index >= 15 is 0 Å². The van der Waals surface area contributed by atoms with E-state index < -0.39 is 6.04 Å². The maximum Gasteiger partial charge on any atom is 0.264 e. The van der Waals surface area contributed by atoms with E-state index in [2.05, 4.69) is 5.32 Å². The van der Waals surface area contributed by atoms with Gasteiger partial charge in [-0.15, -0.1) is 11.3 Å². The molecule has 6 heteroatoms. The zero-order valence-electron chi connectivity index (χ0n) is 11.8. The number of nitrogens with one attached hydrogen (secondary N) is 1. The van der Waals surface area contributed by atoms with Crippen molar-refractivity contribution in [1.29, 1.82) is 0 Å². The van der Waals surface area contributed by atoms with Crippen molar-refractivity contribution >= 4 is 40.4 Å². The first-order valence-electron chi connectivity index (χ1n) is 7.06. The van der Waals surface area contributed by atoms with Crippen molar-refractivity contribution in [3.63, 3.8) is 0 Å². The van der Waals surface area contributed by atoms with E-state index in [1.807, 2.05) is 17.5 Å². The molecule has 2 amide bonds. The van der Waals surface area contributed by atoms with Gasteiger partial charge < -0.3 is 10.2 Å². The highest BCUT2D eigenvalue weighted by Crippen LogP contribution is 2.25. The lowest BCUT2D eigenvalue weighted by molar-refractivity contribution is -0.119. The molecule has 1 aromatic carbocycles. The molecule has 1 aromatic heterocycles. The molecule has 1 fully saturated rings. The Morgan fingerprint density at radius 1 is 1.23 bits per heavy atom. The SMILES string of the molecule is O=C(Nc1ccccc1Cl)C1CCCN1C(=O)c1cccs1. The van der Waals surface area contributed by atoms with Crippen LogP contribution in [0.1, 0.15) is 22.5 Å². The minimum absolute atomic E-state index is 0.0770. The van der Waals surface area contributed by atoms with Crippen LogP contribution in [0.15, 0.2) is 41.8 Å². The highest BCUT2D eigenvalue weighted by Gasteiger charge is 2.35. The molecule has 2 aromatic rings. The Hall–Kier alpha value is -1.85. The quantitative estimate of drug-likeness (QED) is 0.931. The summed E-state index contributed by atoms with van der Waals surface area (Å²) in [6.07, 6.45) is 1.51. The van der Waals surface area contributed by atoms with Crippen molar-refractivity contribution in [3.05, 3.63) is 51.7 Å². The lowest BCUT2D eigenvalue weighted by atomic mass is 10.2. The molecule has 1 aliphatic heterocycles. The smallest absolute Gasteiger partial charge is 0.264 e. The average Bonchev–Trinajstić information content (AvgIpc) is 3.20. The Morgan fingerprint density at radius 3 is 2.77 bits per heavy atom. The first kappa shape index (κ1) is 15.1. The Bertz CT molecular complexity index is 687. The van der Waals surface area contributed by atoms with E-state index in [0.29, 0.717) is 28.6 Å². The summed E-state index contributed by atoms with van der Waals surface area (Å²) in [5.41, 5.74) is 0.574. The Kier molecular flexibility index (Phi) is 4.45. The maximum atomic E-state index is 12.5. The van der Waals surface area contributed by atoms with Gasteiger partial charge in [-0.3, -0.25) is 9.59 Å². The van der Waals surface area contributed by atoms with Crippen LogP contribution in [0.5, 0.6) is 0 Å². The van der Waals surface area contributed by atoms with E-state index in [-0.39, 0.29) is 11.8 Å². The topological polar surface area (TPSA) is 49.4 Å². The van der Waals surface area contributed by atoms with Gasteiger partial charge in [0, 0.05) is 6.54 Å².